The van der Waals surface area contributed by atoms with Crippen molar-refractivity contribution in [2.45, 2.75) is 38.9 Å². The molecular weight excluding hydrogens is 298 g/mol. The summed E-state index contributed by atoms with van der Waals surface area (Å²) in [6.45, 7) is 8.17. The van der Waals surface area contributed by atoms with Crippen molar-refractivity contribution >= 4 is 17.7 Å². The number of para-hydroxylation sites is 1. The maximum atomic E-state index is 12.0. The smallest absolute Gasteiger partial charge is 0.230 e. The molecule has 0 aliphatic rings. The zero-order valence-corrected chi connectivity index (χ0v) is 14.1. The molecule has 22 heavy (non-hydrogen) atoms. The van der Waals surface area contributed by atoms with Gasteiger partial charge >= 0.3 is 0 Å². The van der Waals surface area contributed by atoms with Crippen molar-refractivity contribution in [3.05, 3.63) is 29.8 Å². The van der Waals surface area contributed by atoms with Crippen LogP contribution in [-0.4, -0.2) is 37.9 Å². The van der Waals surface area contributed by atoms with Crippen LogP contribution in [0.1, 0.15) is 26.3 Å². The first-order valence-electron chi connectivity index (χ1n) is 7.25. The first kappa shape index (κ1) is 16.5. The van der Waals surface area contributed by atoms with Gasteiger partial charge in [0.25, 0.3) is 0 Å². The molecule has 118 valence electrons. The van der Waals surface area contributed by atoms with E-state index >= 15 is 0 Å². The Labute approximate surface area is 134 Å². The molecule has 7 heteroatoms. The van der Waals surface area contributed by atoms with Crippen LogP contribution in [0.4, 0.5) is 0 Å². The minimum atomic E-state index is -0.00877. The first-order valence-corrected chi connectivity index (χ1v) is 8.24. The van der Waals surface area contributed by atoms with Gasteiger partial charge < -0.3 is 5.32 Å². The summed E-state index contributed by atoms with van der Waals surface area (Å²) < 4.78 is 1.67. The van der Waals surface area contributed by atoms with Gasteiger partial charge in [0, 0.05) is 6.04 Å². The monoisotopic (exact) mass is 319 g/mol. The summed E-state index contributed by atoms with van der Waals surface area (Å²) in [5.41, 5.74) is 2.00. The van der Waals surface area contributed by atoms with E-state index < -0.39 is 0 Å². The molecule has 1 aromatic heterocycles. The van der Waals surface area contributed by atoms with Crippen LogP contribution < -0.4 is 5.32 Å². The molecule has 0 fully saturated rings. The Morgan fingerprint density at radius 2 is 2.05 bits per heavy atom. The Morgan fingerprint density at radius 1 is 1.32 bits per heavy atom. The van der Waals surface area contributed by atoms with Crippen molar-refractivity contribution in [2.75, 3.05) is 5.75 Å². The van der Waals surface area contributed by atoms with Gasteiger partial charge in [0.2, 0.25) is 11.1 Å². The summed E-state index contributed by atoms with van der Waals surface area (Å²) in [5, 5.41) is 15.3. The van der Waals surface area contributed by atoms with E-state index in [2.05, 4.69) is 34.7 Å². The van der Waals surface area contributed by atoms with Crippen molar-refractivity contribution in [3.8, 4) is 5.69 Å². The molecule has 1 amide bonds. The van der Waals surface area contributed by atoms with Gasteiger partial charge in [-0.15, -0.1) is 5.10 Å². The third-order valence-corrected chi connectivity index (χ3v) is 4.42. The minimum Gasteiger partial charge on any atom is -0.353 e. The van der Waals surface area contributed by atoms with Crippen LogP contribution in [0.5, 0.6) is 0 Å². The second-order valence-corrected chi connectivity index (χ2v) is 6.49. The number of carbonyl (C=O) groups is 1. The summed E-state index contributed by atoms with van der Waals surface area (Å²) in [6.07, 6.45) is 0. The fourth-order valence-electron chi connectivity index (χ4n) is 1.81. The van der Waals surface area contributed by atoms with E-state index in [9.17, 15) is 4.79 Å². The number of tetrazole rings is 1. The highest BCUT2D eigenvalue weighted by molar-refractivity contribution is 7.99. The van der Waals surface area contributed by atoms with Crippen LogP contribution in [0.3, 0.4) is 0 Å². The predicted molar refractivity (Wildman–Crippen MR) is 87.1 cm³/mol. The van der Waals surface area contributed by atoms with Gasteiger partial charge in [-0.05, 0) is 41.8 Å². The number of hydrogen-bond donors (Lipinski definition) is 1. The topological polar surface area (TPSA) is 72.7 Å². The van der Waals surface area contributed by atoms with Crippen molar-refractivity contribution in [2.24, 2.45) is 5.92 Å². The molecule has 0 radical (unpaired) electrons. The van der Waals surface area contributed by atoms with Gasteiger partial charge in [-0.1, -0.05) is 43.8 Å². The van der Waals surface area contributed by atoms with Gasteiger partial charge in [0.05, 0.1) is 11.4 Å². The van der Waals surface area contributed by atoms with E-state index in [4.69, 9.17) is 0 Å². The third-order valence-electron chi connectivity index (χ3n) is 3.51. The van der Waals surface area contributed by atoms with Crippen LogP contribution in [0.25, 0.3) is 5.69 Å². The van der Waals surface area contributed by atoms with E-state index in [-0.39, 0.29) is 11.9 Å². The number of aromatic nitrogens is 4. The molecule has 0 saturated heterocycles. The number of aryl methyl sites for hydroxylation is 1. The number of rotatable bonds is 6. The van der Waals surface area contributed by atoms with Gasteiger partial charge in [-0.2, -0.15) is 4.68 Å². The number of amides is 1. The van der Waals surface area contributed by atoms with Crippen molar-refractivity contribution in [3.63, 3.8) is 0 Å². The molecule has 6 nitrogen and oxygen atoms in total. The highest BCUT2D eigenvalue weighted by atomic mass is 32.2. The molecule has 1 atom stereocenters. The lowest BCUT2D eigenvalue weighted by Gasteiger charge is -2.17. The summed E-state index contributed by atoms with van der Waals surface area (Å²) in [6, 6.07) is 8.02. The molecule has 0 spiro atoms. The molecule has 1 aromatic carbocycles. The molecule has 0 saturated carbocycles. The molecule has 2 rings (SSSR count). The van der Waals surface area contributed by atoms with Gasteiger partial charge in [-0.25, -0.2) is 0 Å². The maximum absolute atomic E-state index is 12.0. The van der Waals surface area contributed by atoms with Gasteiger partial charge in [-0.3, -0.25) is 4.79 Å². The molecule has 0 bridgehead atoms. The Kier molecular flexibility index (Phi) is 5.54. The normalized spacial score (nSPS) is 12.4. The number of nitrogens with zero attached hydrogens (tertiary/aromatic N) is 4. The summed E-state index contributed by atoms with van der Waals surface area (Å²) in [5.74, 6) is 0.695. The van der Waals surface area contributed by atoms with Crippen LogP contribution in [-0.2, 0) is 4.79 Å². The molecular formula is C15H21N5OS. The number of carbonyl (C=O) groups excluding carboxylic acids is 1. The van der Waals surface area contributed by atoms with Gasteiger partial charge in [0.15, 0.2) is 0 Å². The number of thioether (sulfide) groups is 1. The Bertz CT molecular complexity index is 640. The molecule has 1 heterocycles. The predicted octanol–water partition coefficient (Wildman–Crippen LogP) is 2.22. The Balaban J connectivity index is 2.02. The molecule has 1 N–H and O–H groups in total. The minimum absolute atomic E-state index is 0.00877. The number of nitrogens with one attached hydrogen (secondary N) is 1. The fraction of sp³-hybridized carbons (Fsp3) is 0.467. The second-order valence-electron chi connectivity index (χ2n) is 5.55. The van der Waals surface area contributed by atoms with Crippen LogP contribution >= 0.6 is 11.8 Å². The van der Waals surface area contributed by atoms with E-state index in [1.54, 1.807) is 4.68 Å². The fourth-order valence-corrected chi connectivity index (χ4v) is 2.51. The Hall–Kier alpha value is -1.89. The average Bonchev–Trinajstić information content (AvgIpc) is 2.93. The molecule has 0 aliphatic heterocycles. The van der Waals surface area contributed by atoms with E-state index in [1.165, 1.54) is 11.8 Å². The van der Waals surface area contributed by atoms with Crippen molar-refractivity contribution in [1.82, 2.24) is 25.5 Å². The van der Waals surface area contributed by atoms with Crippen molar-refractivity contribution in [1.29, 1.82) is 0 Å². The maximum Gasteiger partial charge on any atom is 0.230 e. The van der Waals surface area contributed by atoms with Crippen molar-refractivity contribution < 1.29 is 4.79 Å². The zero-order valence-electron chi connectivity index (χ0n) is 13.3. The highest BCUT2D eigenvalue weighted by Gasteiger charge is 2.15. The zero-order chi connectivity index (χ0) is 16.1. The standard InChI is InChI=1S/C15H21N5OS/c1-10(2)12(4)16-14(21)9-22-15-17-18-19-20(15)13-8-6-5-7-11(13)3/h5-8,10,12H,9H2,1-4H3,(H,16,21)/t12-/m1/s1. The molecule has 2 aromatic rings. The second kappa shape index (κ2) is 7.40. The third kappa shape index (κ3) is 4.07. The summed E-state index contributed by atoms with van der Waals surface area (Å²) >= 11 is 1.33. The lowest BCUT2D eigenvalue weighted by atomic mass is 10.1. The summed E-state index contributed by atoms with van der Waals surface area (Å²) in [4.78, 5) is 12.0. The van der Waals surface area contributed by atoms with Crippen LogP contribution in [0.2, 0.25) is 0 Å². The largest absolute Gasteiger partial charge is 0.353 e. The summed E-state index contributed by atoms with van der Waals surface area (Å²) in [7, 11) is 0. The molecule has 0 unspecified atom stereocenters. The highest BCUT2D eigenvalue weighted by Crippen LogP contribution is 2.20. The Morgan fingerprint density at radius 3 is 2.73 bits per heavy atom. The van der Waals surface area contributed by atoms with E-state index in [0.29, 0.717) is 16.8 Å². The first-order chi connectivity index (χ1) is 10.5. The SMILES string of the molecule is Cc1ccccc1-n1nnnc1SCC(=O)N[C@H](C)C(C)C. The van der Waals surface area contributed by atoms with Gasteiger partial charge in [0.1, 0.15) is 0 Å². The lowest BCUT2D eigenvalue weighted by molar-refractivity contribution is -0.119. The molecule has 0 aliphatic carbocycles. The quantitative estimate of drug-likeness (QED) is 0.827. The average molecular weight is 319 g/mol. The van der Waals surface area contributed by atoms with Crippen LogP contribution in [0.15, 0.2) is 29.4 Å². The lowest BCUT2D eigenvalue weighted by Crippen LogP contribution is -2.37. The number of benzene rings is 1. The van der Waals surface area contributed by atoms with E-state index in [0.717, 1.165) is 11.3 Å². The van der Waals surface area contributed by atoms with Crippen LogP contribution in [0, 0.1) is 12.8 Å². The van der Waals surface area contributed by atoms with E-state index in [1.807, 2.05) is 38.1 Å². The number of hydrogen-bond acceptors (Lipinski definition) is 5.